The average Bonchev–Trinajstić information content (AvgIpc) is 2.66. The van der Waals surface area contributed by atoms with Crippen molar-refractivity contribution in [3.8, 4) is 5.75 Å². The van der Waals surface area contributed by atoms with Crippen LogP contribution in [0.2, 0.25) is 0 Å². The van der Waals surface area contributed by atoms with Gasteiger partial charge in [-0.25, -0.2) is 5.43 Å². The number of nitrogens with zero attached hydrogens (tertiary/aromatic N) is 2. The third kappa shape index (κ3) is 7.57. The van der Waals surface area contributed by atoms with Gasteiger partial charge in [-0.1, -0.05) is 15.9 Å². The van der Waals surface area contributed by atoms with Crippen molar-refractivity contribution in [2.24, 2.45) is 5.10 Å². The molecule has 0 atom stereocenters. The summed E-state index contributed by atoms with van der Waals surface area (Å²) in [7, 11) is 3.90. The molecule has 0 heterocycles. The number of halogens is 1. The minimum absolute atomic E-state index is 0.0718. The van der Waals surface area contributed by atoms with Gasteiger partial charge >= 0.3 is 0 Å². The van der Waals surface area contributed by atoms with Gasteiger partial charge in [-0.3, -0.25) is 9.59 Å². The van der Waals surface area contributed by atoms with Crippen LogP contribution in [0.25, 0.3) is 0 Å². The highest BCUT2D eigenvalue weighted by atomic mass is 79.9. The number of hydrogen-bond acceptors (Lipinski definition) is 5. The van der Waals surface area contributed by atoms with Crippen molar-refractivity contribution in [1.29, 1.82) is 0 Å². The van der Waals surface area contributed by atoms with Gasteiger partial charge in [0.1, 0.15) is 5.75 Å². The van der Waals surface area contributed by atoms with E-state index in [0.29, 0.717) is 17.1 Å². The Hall–Kier alpha value is -2.87. The summed E-state index contributed by atoms with van der Waals surface area (Å²) in [6, 6.07) is 13.0. The first-order valence-electron chi connectivity index (χ1n) is 9.03. The number of carbonyl (C=O) groups excluding carboxylic acids is 2. The molecule has 29 heavy (non-hydrogen) atoms. The highest BCUT2D eigenvalue weighted by molar-refractivity contribution is 9.10. The van der Waals surface area contributed by atoms with E-state index in [0.717, 1.165) is 15.7 Å². The lowest BCUT2D eigenvalue weighted by atomic mass is 10.2. The monoisotopic (exact) mass is 460 g/mol. The van der Waals surface area contributed by atoms with E-state index < -0.39 is 5.91 Å². The first-order chi connectivity index (χ1) is 13.7. The van der Waals surface area contributed by atoms with Crippen LogP contribution in [-0.2, 0) is 9.59 Å². The molecule has 0 fully saturated rings. The number of nitrogens with one attached hydrogen (secondary N) is 2. The van der Waals surface area contributed by atoms with E-state index in [-0.39, 0.29) is 18.9 Å². The Kier molecular flexibility index (Phi) is 8.21. The van der Waals surface area contributed by atoms with Crippen LogP contribution in [0.5, 0.6) is 5.75 Å². The third-order valence-corrected chi connectivity index (χ3v) is 4.44. The van der Waals surface area contributed by atoms with Crippen LogP contribution >= 0.6 is 15.9 Å². The predicted molar refractivity (Wildman–Crippen MR) is 120 cm³/mol. The standard InChI is InChI=1S/C21H25BrN4O3/c1-14-11-16(22)5-10-19(14)29-13-21(28)25-24-15(2)12-20(27)23-17-6-8-18(9-7-17)26(3)4/h5-11H,12-13H2,1-4H3,(H,23,27)(H,25,28)/b24-15-. The molecule has 0 aliphatic carbocycles. The Labute approximate surface area is 179 Å². The molecule has 154 valence electrons. The molecular formula is C21H25BrN4O3. The molecule has 0 radical (unpaired) electrons. The van der Waals surface area contributed by atoms with E-state index in [9.17, 15) is 9.59 Å². The predicted octanol–water partition coefficient (Wildman–Crippen LogP) is 3.72. The number of benzene rings is 2. The van der Waals surface area contributed by atoms with Gasteiger partial charge in [-0.05, 0) is 61.9 Å². The van der Waals surface area contributed by atoms with E-state index in [1.54, 1.807) is 13.0 Å². The average molecular weight is 461 g/mol. The SMILES string of the molecule is C/C(CC(=O)Nc1ccc(N(C)C)cc1)=N/NC(=O)COc1ccc(Br)cc1C. The number of rotatable bonds is 8. The van der Waals surface area contributed by atoms with Crippen molar-refractivity contribution in [1.82, 2.24) is 5.43 Å². The number of hydrazone groups is 1. The molecule has 8 heteroatoms. The summed E-state index contributed by atoms with van der Waals surface area (Å²) < 4.78 is 6.43. The Bertz CT molecular complexity index is 895. The lowest BCUT2D eigenvalue weighted by molar-refractivity contribution is -0.123. The molecule has 0 aromatic heterocycles. The molecule has 2 rings (SSSR count). The highest BCUT2D eigenvalue weighted by Crippen LogP contribution is 2.22. The second-order valence-electron chi connectivity index (χ2n) is 6.75. The minimum atomic E-state index is -0.397. The summed E-state index contributed by atoms with van der Waals surface area (Å²) in [6.07, 6.45) is 0.0718. The maximum Gasteiger partial charge on any atom is 0.277 e. The molecule has 2 aromatic rings. The molecule has 2 aromatic carbocycles. The number of hydrogen-bond donors (Lipinski definition) is 2. The topological polar surface area (TPSA) is 83.0 Å². The zero-order valence-electron chi connectivity index (χ0n) is 17.0. The molecule has 7 nitrogen and oxygen atoms in total. The number of anilines is 2. The highest BCUT2D eigenvalue weighted by Gasteiger charge is 2.08. The molecule has 0 saturated heterocycles. The van der Waals surface area contributed by atoms with Crippen molar-refractivity contribution >= 4 is 44.8 Å². The second kappa shape index (κ2) is 10.6. The Morgan fingerprint density at radius 1 is 1.10 bits per heavy atom. The molecule has 0 aliphatic heterocycles. The lowest BCUT2D eigenvalue weighted by Gasteiger charge is -2.13. The summed E-state index contributed by atoms with van der Waals surface area (Å²) in [5.74, 6) is 0.0231. The Balaban J connectivity index is 1.78. The second-order valence-corrected chi connectivity index (χ2v) is 7.66. The summed E-state index contributed by atoms with van der Waals surface area (Å²) in [5, 5.41) is 6.76. The van der Waals surface area contributed by atoms with Crippen LogP contribution in [0.1, 0.15) is 18.9 Å². The number of carbonyl (C=O) groups is 2. The Morgan fingerprint density at radius 3 is 2.41 bits per heavy atom. The van der Waals surface area contributed by atoms with Gasteiger partial charge < -0.3 is 15.0 Å². The molecule has 2 amide bonds. The van der Waals surface area contributed by atoms with Gasteiger partial charge in [0.05, 0.1) is 6.42 Å². The van der Waals surface area contributed by atoms with Crippen molar-refractivity contribution in [3.05, 3.63) is 52.5 Å². The van der Waals surface area contributed by atoms with Crippen LogP contribution in [-0.4, -0.2) is 38.2 Å². The van der Waals surface area contributed by atoms with Crippen molar-refractivity contribution in [2.75, 3.05) is 30.9 Å². The van der Waals surface area contributed by atoms with E-state index in [1.807, 2.05) is 62.3 Å². The summed E-state index contributed by atoms with van der Waals surface area (Å²) in [6.45, 7) is 3.41. The van der Waals surface area contributed by atoms with Gasteiger partial charge in [0.15, 0.2) is 6.61 Å². The third-order valence-electron chi connectivity index (χ3n) is 3.95. The number of ether oxygens (including phenoxy) is 1. The molecule has 0 bridgehead atoms. The Morgan fingerprint density at radius 2 is 1.79 bits per heavy atom. The molecule has 0 aliphatic rings. The summed E-state index contributed by atoms with van der Waals surface area (Å²) in [4.78, 5) is 26.0. The first kappa shape index (κ1) is 22.4. The lowest BCUT2D eigenvalue weighted by Crippen LogP contribution is -2.26. The minimum Gasteiger partial charge on any atom is -0.483 e. The van der Waals surface area contributed by atoms with E-state index in [1.165, 1.54) is 0 Å². The normalized spacial score (nSPS) is 11.0. The summed E-state index contributed by atoms with van der Waals surface area (Å²) >= 11 is 3.38. The van der Waals surface area contributed by atoms with Gasteiger partial charge in [0, 0.05) is 35.7 Å². The van der Waals surface area contributed by atoms with E-state index in [4.69, 9.17) is 4.74 Å². The van der Waals surface area contributed by atoms with Crippen LogP contribution in [0, 0.1) is 6.92 Å². The fourth-order valence-electron chi connectivity index (χ4n) is 2.43. The molecule has 0 saturated carbocycles. The summed E-state index contributed by atoms with van der Waals surface area (Å²) in [5.41, 5.74) is 5.56. The first-order valence-corrected chi connectivity index (χ1v) is 9.82. The van der Waals surface area contributed by atoms with Crippen LogP contribution in [0.4, 0.5) is 11.4 Å². The van der Waals surface area contributed by atoms with Crippen molar-refractivity contribution in [3.63, 3.8) is 0 Å². The van der Waals surface area contributed by atoms with Crippen molar-refractivity contribution < 1.29 is 14.3 Å². The van der Waals surface area contributed by atoms with E-state index in [2.05, 4.69) is 31.8 Å². The number of amides is 2. The maximum absolute atomic E-state index is 12.1. The fraction of sp³-hybridized carbons (Fsp3) is 0.286. The van der Waals surface area contributed by atoms with Crippen LogP contribution in [0.15, 0.2) is 52.0 Å². The fourth-order valence-corrected chi connectivity index (χ4v) is 2.90. The van der Waals surface area contributed by atoms with Gasteiger partial charge in [0.25, 0.3) is 5.91 Å². The zero-order valence-corrected chi connectivity index (χ0v) is 18.5. The largest absolute Gasteiger partial charge is 0.483 e. The zero-order chi connectivity index (χ0) is 21.4. The van der Waals surface area contributed by atoms with Crippen molar-refractivity contribution in [2.45, 2.75) is 20.3 Å². The number of aryl methyl sites for hydroxylation is 1. The van der Waals surface area contributed by atoms with Gasteiger partial charge in [-0.15, -0.1) is 0 Å². The van der Waals surface area contributed by atoms with E-state index >= 15 is 0 Å². The molecule has 2 N–H and O–H groups in total. The van der Waals surface area contributed by atoms with Crippen LogP contribution in [0.3, 0.4) is 0 Å². The van der Waals surface area contributed by atoms with Gasteiger partial charge in [-0.2, -0.15) is 5.10 Å². The molecular weight excluding hydrogens is 436 g/mol. The van der Waals surface area contributed by atoms with Crippen LogP contribution < -0.4 is 20.4 Å². The quantitative estimate of drug-likeness (QED) is 0.464. The molecule has 0 unspecified atom stereocenters. The molecule has 0 spiro atoms. The smallest absolute Gasteiger partial charge is 0.277 e. The van der Waals surface area contributed by atoms with Gasteiger partial charge in [0.2, 0.25) is 5.91 Å². The maximum atomic E-state index is 12.1.